The average Bonchev–Trinajstić information content (AvgIpc) is 3.06. The van der Waals surface area contributed by atoms with E-state index in [1.807, 2.05) is 29.5 Å². The van der Waals surface area contributed by atoms with Gasteiger partial charge >= 0.3 is 6.09 Å². The number of aromatic nitrogens is 4. The highest BCUT2D eigenvalue weighted by Crippen LogP contribution is 2.25. The Morgan fingerprint density at radius 3 is 2.82 bits per heavy atom. The molecule has 0 aliphatic carbocycles. The quantitative estimate of drug-likeness (QED) is 0.451. The molecule has 0 radical (unpaired) electrons. The van der Waals surface area contributed by atoms with Crippen LogP contribution in [0.2, 0.25) is 0 Å². The number of nitrogens with zero attached hydrogens (tertiary/aromatic N) is 4. The summed E-state index contributed by atoms with van der Waals surface area (Å²) in [5, 5.41) is 22.6. The Morgan fingerprint density at radius 1 is 1.21 bits per heavy atom. The molecule has 0 saturated heterocycles. The molecular weight excluding hydrogens is 364 g/mol. The number of unbranched alkanes of at least 4 members (excludes halogenated alkanes) is 1. The Kier molecular flexibility index (Phi) is 6.43. The van der Waals surface area contributed by atoms with Gasteiger partial charge in [0.15, 0.2) is 5.82 Å². The third kappa shape index (κ3) is 4.58. The van der Waals surface area contributed by atoms with Crippen molar-refractivity contribution in [3.05, 3.63) is 24.0 Å². The highest BCUT2D eigenvalue weighted by Gasteiger charge is 2.13. The zero-order valence-corrected chi connectivity index (χ0v) is 15.9. The molecule has 1 aromatic carbocycles. The molecule has 0 atom stereocenters. The van der Waals surface area contributed by atoms with Gasteiger partial charge in [0, 0.05) is 26.3 Å². The fourth-order valence-corrected chi connectivity index (χ4v) is 2.86. The number of hydrogen-bond acceptors (Lipinski definition) is 7. The van der Waals surface area contributed by atoms with E-state index >= 15 is 0 Å². The smallest absolute Gasteiger partial charge is 0.404 e. The van der Waals surface area contributed by atoms with Crippen LogP contribution in [-0.2, 0) is 4.74 Å². The highest BCUT2D eigenvalue weighted by molar-refractivity contribution is 5.84. The van der Waals surface area contributed by atoms with Crippen molar-refractivity contribution in [2.24, 2.45) is 0 Å². The molecule has 3 N–H and O–H groups in total. The number of aryl methyl sites for hydroxylation is 1. The molecule has 0 bridgehead atoms. The van der Waals surface area contributed by atoms with E-state index in [0.29, 0.717) is 43.5 Å². The molecule has 0 aliphatic rings. The number of amides is 1. The van der Waals surface area contributed by atoms with E-state index in [1.54, 1.807) is 7.11 Å². The molecule has 28 heavy (non-hydrogen) atoms. The second-order valence-corrected chi connectivity index (χ2v) is 6.22. The first-order valence-electron chi connectivity index (χ1n) is 9.08. The van der Waals surface area contributed by atoms with Crippen molar-refractivity contribution in [2.45, 2.75) is 19.8 Å². The molecular formula is C18H24N6O4. The van der Waals surface area contributed by atoms with Gasteiger partial charge in [-0.1, -0.05) is 0 Å². The summed E-state index contributed by atoms with van der Waals surface area (Å²) < 4.78 is 12.6. The second kappa shape index (κ2) is 9.18. The molecule has 0 saturated carbocycles. The molecule has 2 heterocycles. The molecule has 10 nitrogen and oxygen atoms in total. The first-order chi connectivity index (χ1) is 13.6. The summed E-state index contributed by atoms with van der Waals surface area (Å²) in [6.07, 6.45) is 0.513. The first-order valence-corrected chi connectivity index (χ1v) is 9.08. The van der Waals surface area contributed by atoms with Crippen molar-refractivity contribution in [1.82, 2.24) is 24.9 Å². The summed E-state index contributed by atoms with van der Waals surface area (Å²) in [5.74, 6) is 2.12. The Bertz CT molecular complexity index is 958. The maximum atomic E-state index is 10.5. The number of hydrogen-bond donors (Lipinski definition) is 3. The van der Waals surface area contributed by atoms with E-state index in [1.165, 1.54) is 0 Å². The number of anilines is 1. The number of benzene rings is 1. The van der Waals surface area contributed by atoms with Crippen LogP contribution in [0.25, 0.3) is 16.7 Å². The van der Waals surface area contributed by atoms with Gasteiger partial charge in [-0.25, -0.2) is 9.78 Å². The van der Waals surface area contributed by atoms with Gasteiger partial charge in [0.1, 0.15) is 18.2 Å². The third-order valence-electron chi connectivity index (χ3n) is 4.19. The summed E-state index contributed by atoms with van der Waals surface area (Å²) in [6.45, 7) is 3.93. The number of carboxylic acid groups (broad SMARTS) is 1. The van der Waals surface area contributed by atoms with E-state index in [-0.39, 0.29) is 0 Å². The van der Waals surface area contributed by atoms with Crippen molar-refractivity contribution in [2.75, 3.05) is 38.7 Å². The molecule has 10 heteroatoms. The van der Waals surface area contributed by atoms with Gasteiger partial charge in [-0.3, -0.25) is 4.40 Å². The topological polar surface area (TPSA) is 123 Å². The number of ether oxygens (including phenoxy) is 2. The average molecular weight is 388 g/mol. The van der Waals surface area contributed by atoms with Crippen LogP contribution in [0.5, 0.6) is 5.75 Å². The van der Waals surface area contributed by atoms with Crippen molar-refractivity contribution < 1.29 is 19.4 Å². The standard InChI is InChI=1S/C18H24N6O4/c1-12-22-23-17-16(19-7-3-4-8-20-18(25)26)21-14-11-13(28-10-9-27-2)5-6-15(14)24(12)17/h5-6,11,20H,3-4,7-10H2,1-2H3,(H,19,21)(H,25,26). The van der Waals surface area contributed by atoms with Crippen molar-refractivity contribution >= 4 is 28.6 Å². The minimum absolute atomic E-state index is 0.420. The predicted octanol–water partition coefficient (Wildman–Crippen LogP) is 2.07. The summed E-state index contributed by atoms with van der Waals surface area (Å²) in [4.78, 5) is 15.2. The van der Waals surface area contributed by atoms with Crippen LogP contribution in [-0.4, -0.2) is 64.2 Å². The normalized spacial score (nSPS) is 11.1. The monoisotopic (exact) mass is 388 g/mol. The maximum absolute atomic E-state index is 10.5. The van der Waals surface area contributed by atoms with Gasteiger partial charge in [0.2, 0.25) is 5.65 Å². The summed E-state index contributed by atoms with van der Waals surface area (Å²) in [7, 11) is 1.63. The van der Waals surface area contributed by atoms with Crippen molar-refractivity contribution in [3.8, 4) is 5.75 Å². The molecule has 2 aromatic heterocycles. The largest absolute Gasteiger partial charge is 0.491 e. The van der Waals surface area contributed by atoms with Gasteiger partial charge in [-0.2, -0.15) is 0 Å². The molecule has 0 aliphatic heterocycles. The zero-order valence-electron chi connectivity index (χ0n) is 15.9. The summed E-state index contributed by atoms with van der Waals surface area (Å²) in [5.41, 5.74) is 2.31. The lowest BCUT2D eigenvalue weighted by Gasteiger charge is -2.11. The predicted molar refractivity (Wildman–Crippen MR) is 104 cm³/mol. The van der Waals surface area contributed by atoms with Gasteiger partial charge < -0.3 is 25.2 Å². The van der Waals surface area contributed by atoms with Gasteiger partial charge in [-0.05, 0) is 31.9 Å². The summed E-state index contributed by atoms with van der Waals surface area (Å²) >= 11 is 0. The number of rotatable bonds is 10. The van der Waals surface area contributed by atoms with Gasteiger partial charge in [-0.15, -0.1) is 10.2 Å². The van der Waals surface area contributed by atoms with Crippen LogP contribution < -0.4 is 15.4 Å². The fraction of sp³-hybridized carbons (Fsp3) is 0.444. The summed E-state index contributed by atoms with van der Waals surface area (Å²) in [6, 6.07) is 5.71. The first kappa shape index (κ1) is 19.6. The van der Waals surface area contributed by atoms with E-state index in [9.17, 15) is 4.79 Å². The van der Waals surface area contributed by atoms with Crippen LogP contribution in [0.4, 0.5) is 10.6 Å². The fourth-order valence-electron chi connectivity index (χ4n) is 2.86. The molecule has 0 unspecified atom stereocenters. The minimum Gasteiger partial charge on any atom is -0.491 e. The van der Waals surface area contributed by atoms with Crippen LogP contribution in [0.15, 0.2) is 18.2 Å². The lowest BCUT2D eigenvalue weighted by molar-refractivity contribution is 0.146. The highest BCUT2D eigenvalue weighted by atomic mass is 16.5. The molecule has 0 fully saturated rings. The van der Waals surface area contributed by atoms with Gasteiger partial charge in [0.05, 0.1) is 17.6 Å². The van der Waals surface area contributed by atoms with E-state index in [2.05, 4.69) is 20.8 Å². The minimum atomic E-state index is -1.01. The number of methoxy groups -OCH3 is 1. The SMILES string of the molecule is COCCOc1ccc2c(c1)nc(NCCCCNC(=O)O)c1nnc(C)n12. The Balaban J connectivity index is 1.78. The van der Waals surface area contributed by atoms with Crippen LogP contribution >= 0.6 is 0 Å². The van der Waals surface area contributed by atoms with Crippen LogP contribution in [0.3, 0.4) is 0 Å². The van der Waals surface area contributed by atoms with E-state index in [0.717, 1.165) is 29.7 Å². The van der Waals surface area contributed by atoms with Crippen molar-refractivity contribution in [1.29, 1.82) is 0 Å². The Morgan fingerprint density at radius 2 is 2.04 bits per heavy atom. The van der Waals surface area contributed by atoms with Crippen LogP contribution in [0, 0.1) is 6.92 Å². The lowest BCUT2D eigenvalue weighted by Crippen LogP contribution is -2.22. The molecule has 150 valence electrons. The number of carbonyl (C=O) groups is 1. The molecule has 3 aromatic rings. The maximum Gasteiger partial charge on any atom is 0.404 e. The van der Waals surface area contributed by atoms with E-state index in [4.69, 9.17) is 19.6 Å². The lowest BCUT2D eigenvalue weighted by atomic mass is 10.2. The number of fused-ring (bicyclic) bond motifs is 3. The Labute approximate surface area is 161 Å². The van der Waals surface area contributed by atoms with Crippen molar-refractivity contribution in [3.63, 3.8) is 0 Å². The second-order valence-electron chi connectivity index (χ2n) is 6.22. The zero-order chi connectivity index (χ0) is 19.9. The molecule has 1 amide bonds. The number of nitrogens with one attached hydrogen (secondary N) is 2. The van der Waals surface area contributed by atoms with E-state index < -0.39 is 6.09 Å². The third-order valence-corrected chi connectivity index (χ3v) is 4.19. The molecule has 3 rings (SSSR count). The Hall–Kier alpha value is -3.14. The van der Waals surface area contributed by atoms with Crippen LogP contribution in [0.1, 0.15) is 18.7 Å². The molecule has 0 spiro atoms. The van der Waals surface area contributed by atoms with Gasteiger partial charge in [0.25, 0.3) is 0 Å².